The van der Waals surface area contributed by atoms with Gasteiger partial charge in [-0.05, 0) is 24.2 Å². The van der Waals surface area contributed by atoms with E-state index in [2.05, 4.69) is 27.7 Å². The fraction of sp³-hybridized carbons (Fsp3) is 0.909. The van der Waals surface area contributed by atoms with Gasteiger partial charge >= 0.3 is 5.97 Å². The number of carbonyl (C=O) groups is 1. The molecule has 0 heterocycles. The number of hydrogen-bond donors (Lipinski definition) is 1. The monoisotopic (exact) mass is 186 g/mol. The Bertz CT molecular complexity index is 167. The van der Waals surface area contributed by atoms with Crippen molar-refractivity contribution >= 4 is 5.97 Å². The smallest absolute Gasteiger partial charge is 0.306 e. The van der Waals surface area contributed by atoms with Crippen LogP contribution in [-0.4, -0.2) is 11.1 Å². The minimum absolute atomic E-state index is 0.172. The molecule has 0 bridgehead atoms. The van der Waals surface area contributed by atoms with Gasteiger partial charge in [-0.2, -0.15) is 0 Å². The summed E-state index contributed by atoms with van der Waals surface area (Å²) in [5.74, 6) is -0.374. The molecule has 0 fully saturated rings. The van der Waals surface area contributed by atoms with Crippen LogP contribution in [0.15, 0.2) is 0 Å². The van der Waals surface area contributed by atoms with E-state index in [1.807, 2.05) is 6.92 Å². The third kappa shape index (κ3) is 4.30. The fourth-order valence-electron chi connectivity index (χ4n) is 1.22. The van der Waals surface area contributed by atoms with Gasteiger partial charge < -0.3 is 5.11 Å². The van der Waals surface area contributed by atoms with E-state index >= 15 is 0 Å². The largest absolute Gasteiger partial charge is 0.481 e. The van der Waals surface area contributed by atoms with Crippen molar-refractivity contribution in [1.82, 2.24) is 0 Å². The lowest BCUT2D eigenvalue weighted by molar-refractivity contribution is -0.142. The number of hydrogen-bond acceptors (Lipinski definition) is 1. The molecule has 0 unspecified atom stereocenters. The van der Waals surface area contributed by atoms with Crippen molar-refractivity contribution < 1.29 is 9.90 Å². The van der Waals surface area contributed by atoms with Gasteiger partial charge in [-0.15, -0.1) is 0 Å². The molecule has 0 aliphatic rings. The molecule has 13 heavy (non-hydrogen) atoms. The van der Waals surface area contributed by atoms with Crippen molar-refractivity contribution in [2.75, 3.05) is 0 Å². The predicted octanol–water partition coefficient (Wildman–Crippen LogP) is 3.17. The molecule has 0 spiro atoms. The Kier molecular flexibility index (Phi) is 4.45. The topological polar surface area (TPSA) is 37.3 Å². The van der Waals surface area contributed by atoms with Crippen molar-refractivity contribution in [3.8, 4) is 0 Å². The van der Waals surface area contributed by atoms with E-state index in [4.69, 9.17) is 5.11 Å². The maximum atomic E-state index is 10.8. The van der Waals surface area contributed by atoms with Crippen LogP contribution in [0.5, 0.6) is 0 Å². The van der Waals surface area contributed by atoms with Gasteiger partial charge in [0, 0.05) is 0 Å². The van der Waals surface area contributed by atoms with Crippen LogP contribution in [0.4, 0.5) is 0 Å². The fourth-order valence-corrected chi connectivity index (χ4v) is 1.22. The van der Waals surface area contributed by atoms with E-state index in [9.17, 15) is 4.79 Å². The van der Waals surface area contributed by atoms with E-state index in [1.54, 1.807) is 0 Å². The van der Waals surface area contributed by atoms with Gasteiger partial charge in [0.15, 0.2) is 0 Å². The predicted molar refractivity (Wildman–Crippen MR) is 54.7 cm³/mol. The van der Waals surface area contributed by atoms with Crippen molar-refractivity contribution in [2.45, 2.75) is 47.5 Å². The molecule has 78 valence electrons. The van der Waals surface area contributed by atoms with E-state index in [0.29, 0.717) is 5.92 Å². The maximum absolute atomic E-state index is 10.8. The normalized spacial score (nSPS) is 16.7. The molecular weight excluding hydrogens is 164 g/mol. The van der Waals surface area contributed by atoms with E-state index in [1.165, 1.54) is 0 Å². The van der Waals surface area contributed by atoms with Crippen LogP contribution in [0.25, 0.3) is 0 Å². The number of aliphatic carboxylic acids is 1. The summed E-state index contributed by atoms with van der Waals surface area (Å²) in [5.41, 5.74) is 0.211. The Morgan fingerprint density at radius 2 is 1.85 bits per heavy atom. The van der Waals surface area contributed by atoms with Crippen LogP contribution in [-0.2, 0) is 4.79 Å². The highest BCUT2D eigenvalue weighted by molar-refractivity contribution is 5.69. The third-order valence-electron chi connectivity index (χ3n) is 2.96. The molecular formula is C11H22O2. The summed E-state index contributed by atoms with van der Waals surface area (Å²) in [6.45, 7) is 10.5. The maximum Gasteiger partial charge on any atom is 0.306 e. The van der Waals surface area contributed by atoms with Gasteiger partial charge in [0.05, 0.1) is 5.92 Å². The summed E-state index contributed by atoms with van der Waals surface area (Å²) < 4.78 is 0. The molecule has 0 rings (SSSR count). The van der Waals surface area contributed by atoms with E-state index in [-0.39, 0.29) is 11.3 Å². The molecule has 2 heteroatoms. The second-order valence-electron chi connectivity index (χ2n) is 4.95. The minimum Gasteiger partial charge on any atom is -0.481 e. The first-order valence-corrected chi connectivity index (χ1v) is 5.01. The van der Waals surface area contributed by atoms with Crippen molar-refractivity contribution in [1.29, 1.82) is 0 Å². The zero-order valence-corrected chi connectivity index (χ0v) is 9.42. The van der Waals surface area contributed by atoms with Crippen LogP contribution >= 0.6 is 0 Å². The molecule has 2 nitrogen and oxygen atoms in total. The molecule has 1 N–H and O–H groups in total. The lowest BCUT2D eigenvalue weighted by Crippen LogP contribution is -2.23. The Labute approximate surface area is 81.3 Å². The number of rotatable bonds is 4. The average Bonchev–Trinajstić information content (AvgIpc) is 1.96. The van der Waals surface area contributed by atoms with Crippen molar-refractivity contribution in [3.63, 3.8) is 0 Å². The lowest BCUT2D eigenvalue weighted by Gasteiger charge is -2.29. The van der Waals surface area contributed by atoms with Crippen LogP contribution < -0.4 is 0 Å². The van der Waals surface area contributed by atoms with Gasteiger partial charge in [-0.25, -0.2) is 0 Å². The van der Waals surface area contributed by atoms with Gasteiger partial charge in [0.25, 0.3) is 0 Å². The van der Waals surface area contributed by atoms with Crippen LogP contribution in [0.2, 0.25) is 0 Å². The van der Waals surface area contributed by atoms with Crippen LogP contribution in [0, 0.1) is 17.3 Å². The Morgan fingerprint density at radius 3 is 2.08 bits per heavy atom. The molecule has 0 aliphatic carbocycles. The summed E-state index contributed by atoms with van der Waals surface area (Å²) in [6, 6.07) is 0. The zero-order chi connectivity index (χ0) is 10.6. The molecule has 0 amide bonds. The summed E-state index contributed by atoms with van der Waals surface area (Å²) >= 11 is 0. The summed E-state index contributed by atoms with van der Waals surface area (Å²) in [6.07, 6.45) is 1.52. The minimum atomic E-state index is -0.654. The highest BCUT2D eigenvalue weighted by Crippen LogP contribution is 2.31. The summed E-state index contributed by atoms with van der Waals surface area (Å²) in [5, 5.41) is 8.89. The Morgan fingerprint density at radius 1 is 1.38 bits per heavy atom. The summed E-state index contributed by atoms with van der Waals surface area (Å²) in [4.78, 5) is 10.8. The first kappa shape index (κ1) is 12.5. The third-order valence-corrected chi connectivity index (χ3v) is 2.96. The highest BCUT2D eigenvalue weighted by atomic mass is 16.4. The van der Waals surface area contributed by atoms with Crippen molar-refractivity contribution in [2.24, 2.45) is 17.3 Å². The first-order valence-electron chi connectivity index (χ1n) is 5.01. The molecule has 0 radical (unpaired) electrons. The highest BCUT2D eigenvalue weighted by Gasteiger charge is 2.25. The second kappa shape index (κ2) is 4.64. The van der Waals surface area contributed by atoms with Gasteiger partial charge in [-0.1, -0.05) is 34.6 Å². The van der Waals surface area contributed by atoms with E-state index in [0.717, 1.165) is 12.8 Å². The van der Waals surface area contributed by atoms with E-state index < -0.39 is 5.97 Å². The number of carboxylic acids is 1. The molecule has 0 aromatic heterocycles. The van der Waals surface area contributed by atoms with Crippen molar-refractivity contribution in [3.05, 3.63) is 0 Å². The molecule has 0 aliphatic heterocycles. The van der Waals surface area contributed by atoms with Gasteiger partial charge in [0.1, 0.15) is 0 Å². The Hall–Kier alpha value is -0.530. The average molecular weight is 186 g/mol. The van der Waals surface area contributed by atoms with Crippen LogP contribution in [0.3, 0.4) is 0 Å². The molecule has 2 atom stereocenters. The SMILES string of the molecule is CC[C@@H](C[C@H](C)C(C)(C)C)C(=O)O. The lowest BCUT2D eigenvalue weighted by atomic mass is 9.76. The molecule has 0 aromatic rings. The van der Waals surface area contributed by atoms with Crippen LogP contribution in [0.1, 0.15) is 47.5 Å². The van der Waals surface area contributed by atoms with Gasteiger partial charge in [-0.3, -0.25) is 4.79 Å². The quantitative estimate of drug-likeness (QED) is 0.732. The molecule has 0 saturated carbocycles. The van der Waals surface area contributed by atoms with Gasteiger partial charge in [0.2, 0.25) is 0 Å². The molecule has 0 saturated heterocycles. The summed E-state index contributed by atoms with van der Waals surface area (Å²) in [7, 11) is 0. The second-order valence-corrected chi connectivity index (χ2v) is 4.95. The number of carboxylic acid groups (broad SMARTS) is 1. The first-order chi connectivity index (χ1) is 5.79. The molecule has 0 aromatic carbocycles. The Balaban J connectivity index is 4.17. The standard InChI is InChI=1S/C11H22O2/c1-6-9(10(12)13)7-8(2)11(3,4)5/h8-9H,6-7H2,1-5H3,(H,12,13)/t8-,9-/m0/s1. The zero-order valence-electron chi connectivity index (χ0n) is 9.42.